The summed E-state index contributed by atoms with van der Waals surface area (Å²) in [6, 6.07) is 0. The van der Waals surface area contributed by atoms with E-state index >= 15 is 0 Å². The molecular formula is C14H29NO. The number of hydrogen-bond donors (Lipinski definition) is 1. The van der Waals surface area contributed by atoms with Gasteiger partial charge in [-0.2, -0.15) is 0 Å². The van der Waals surface area contributed by atoms with Crippen LogP contribution in [-0.4, -0.2) is 26.8 Å². The van der Waals surface area contributed by atoms with Crippen LogP contribution in [0.1, 0.15) is 52.4 Å². The van der Waals surface area contributed by atoms with Gasteiger partial charge < -0.3 is 10.1 Å². The Morgan fingerprint density at radius 1 is 1.19 bits per heavy atom. The first-order valence-corrected chi connectivity index (χ1v) is 6.96. The van der Waals surface area contributed by atoms with Crippen LogP contribution in [0.4, 0.5) is 0 Å². The second-order valence-corrected chi connectivity index (χ2v) is 5.47. The topological polar surface area (TPSA) is 21.3 Å². The molecule has 0 radical (unpaired) electrons. The van der Waals surface area contributed by atoms with Crippen molar-refractivity contribution in [2.24, 2.45) is 11.3 Å². The quantitative estimate of drug-likeness (QED) is 0.611. The standard InChI is InChI=1S/C14H29NO/c1-4-6-14(7-5-2)10-13(11-14)12-15-8-9-16-3/h13,15H,4-12H2,1-3H3. The molecule has 1 saturated carbocycles. The van der Waals surface area contributed by atoms with Gasteiger partial charge in [0.1, 0.15) is 0 Å². The van der Waals surface area contributed by atoms with Crippen molar-refractivity contribution in [1.29, 1.82) is 0 Å². The lowest BCUT2D eigenvalue weighted by molar-refractivity contribution is 0.0331. The average molecular weight is 227 g/mol. The second-order valence-electron chi connectivity index (χ2n) is 5.47. The molecule has 16 heavy (non-hydrogen) atoms. The maximum atomic E-state index is 5.03. The first-order chi connectivity index (χ1) is 7.76. The van der Waals surface area contributed by atoms with E-state index in [1.165, 1.54) is 45.1 Å². The molecule has 0 saturated heterocycles. The summed E-state index contributed by atoms with van der Waals surface area (Å²) >= 11 is 0. The molecule has 1 fully saturated rings. The number of ether oxygens (including phenoxy) is 1. The van der Waals surface area contributed by atoms with Crippen LogP contribution in [0.5, 0.6) is 0 Å². The molecule has 0 aromatic rings. The minimum Gasteiger partial charge on any atom is -0.383 e. The molecule has 96 valence electrons. The highest BCUT2D eigenvalue weighted by molar-refractivity contribution is 4.93. The van der Waals surface area contributed by atoms with Gasteiger partial charge in [-0.3, -0.25) is 0 Å². The highest BCUT2D eigenvalue weighted by Gasteiger charge is 2.41. The molecule has 0 heterocycles. The van der Waals surface area contributed by atoms with Gasteiger partial charge in [-0.15, -0.1) is 0 Å². The fraction of sp³-hybridized carbons (Fsp3) is 1.00. The van der Waals surface area contributed by atoms with Crippen molar-refractivity contribution < 1.29 is 4.74 Å². The van der Waals surface area contributed by atoms with Gasteiger partial charge in [0.05, 0.1) is 6.61 Å². The van der Waals surface area contributed by atoms with Crippen LogP contribution in [0.2, 0.25) is 0 Å². The molecule has 0 atom stereocenters. The zero-order chi connectivity index (χ0) is 11.9. The van der Waals surface area contributed by atoms with Gasteiger partial charge in [-0.1, -0.05) is 26.7 Å². The fourth-order valence-corrected chi connectivity index (χ4v) is 3.38. The molecule has 0 aliphatic heterocycles. The highest BCUT2D eigenvalue weighted by atomic mass is 16.5. The van der Waals surface area contributed by atoms with Gasteiger partial charge in [0.15, 0.2) is 0 Å². The summed E-state index contributed by atoms with van der Waals surface area (Å²) in [6.45, 7) is 7.67. The van der Waals surface area contributed by atoms with E-state index in [2.05, 4.69) is 19.2 Å². The molecule has 0 amide bonds. The Balaban J connectivity index is 2.12. The third-order valence-corrected chi connectivity index (χ3v) is 3.92. The van der Waals surface area contributed by atoms with Gasteiger partial charge in [0.2, 0.25) is 0 Å². The summed E-state index contributed by atoms with van der Waals surface area (Å²) in [5.41, 5.74) is 0.719. The van der Waals surface area contributed by atoms with E-state index in [0.29, 0.717) is 0 Å². The summed E-state index contributed by atoms with van der Waals surface area (Å²) < 4.78 is 5.03. The summed E-state index contributed by atoms with van der Waals surface area (Å²) in [5.74, 6) is 0.926. The second kappa shape index (κ2) is 7.29. The molecule has 1 aliphatic carbocycles. The first-order valence-electron chi connectivity index (χ1n) is 6.96. The summed E-state index contributed by atoms with van der Waals surface area (Å²) in [5, 5.41) is 3.49. The molecule has 1 N–H and O–H groups in total. The zero-order valence-electron chi connectivity index (χ0n) is 11.3. The number of rotatable bonds is 9. The number of hydrogen-bond acceptors (Lipinski definition) is 2. The maximum Gasteiger partial charge on any atom is 0.0587 e. The molecular weight excluding hydrogens is 198 g/mol. The van der Waals surface area contributed by atoms with E-state index in [4.69, 9.17) is 4.74 Å². The van der Waals surface area contributed by atoms with Gasteiger partial charge in [-0.05, 0) is 43.6 Å². The lowest BCUT2D eigenvalue weighted by Crippen LogP contribution is -2.42. The predicted molar refractivity (Wildman–Crippen MR) is 69.7 cm³/mol. The summed E-state index contributed by atoms with van der Waals surface area (Å²) in [4.78, 5) is 0. The van der Waals surface area contributed by atoms with E-state index in [1.807, 2.05) is 0 Å². The van der Waals surface area contributed by atoms with Crippen molar-refractivity contribution in [1.82, 2.24) is 5.32 Å². The Hall–Kier alpha value is -0.0800. The third kappa shape index (κ3) is 4.06. The van der Waals surface area contributed by atoms with Gasteiger partial charge in [-0.25, -0.2) is 0 Å². The Morgan fingerprint density at radius 3 is 2.31 bits per heavy atom. The van der Waals surface area contributed by atoms with Crippen LogP contribution in [0.15, 0.2) is 0 Å². The van der Waals surface area contributed by atoms with Crippen LogP contribution in [0.3, 0.4) is 0 Å². The van der Waals surface area contributed by atoms with E-state index in [-0.39, 0.29) is 0 Å². The molecule has 2 heteroatoms. The van der Waals surface area contributed by atoms with E-state index in [9.17, 15) is 0 Å². The minimum absolute atomic E-state index is 0.719. The molecule has 0 unspecified atom stereocenters. The molecule has 1 rings (SSSR count). The van der Waals surface area contributed by atoms with Crippen LogP contribution in [0.25, 0.3) is 0 Å². The normalized spacial score (nSPS) is 19.7. The summed E-state index contributed by atoms with van der Waals surface area (Å²) in [6.07, 6.45) is 8.49. The first kappa shape index (κ1) is 14.0. The monoisotopic (exact) mass is 227 g/mol. The lowest BCUT2D eigenvalue weighted by atomic mass is 9.58. The predicted octanol–water partition coefficient (Wildman–Crippen LogP) is 3.22. The lowest BCUT2D eigenvalue weighted by Gasteiger charge is -2.48. The Kier molecular flexibility index (Phi) is 6.37. The fourth-order valence-electron chi connectivity index (χ4n) is 3.38. The van der Waals surface area contributed by atoms with Crippen molar-refractivity contribution in [3.63, 3.8) is 0 Å². The largest absolute Gasteiger partial charge is 0.383 e. The molecule has 2 nitrogen and oxygen atoms in total. The van der Waals surface area contributed by atoms with Crippen LogP contribution in [0, 0.1) is 11.3 Å². The van der Waals surface area contributed by atoms with Gasteiger partial charge in [0.25, 0.3) is 0 Å². The molecule has 1 aliphatic rings. The van der Waals surface area contributed by atoms with Crippen LogP contribution in [-0.2, 0) is 4.74 Å². The smallest absolute Gasteiger partial charge is 0.0587 e. The van der Waals surface area contributed by atoms with Crippen LogP contribution >= 0.6 is 0 Å². The van der Waals surface area contributed by atoms with Crippen molar-refractivity contribution in [2.45, 2.75) is 52.4 Å². The Labute approximate surface area is 101 Å². The zero-order valence-corrected chi connectivity index (χ0v) is 11.3. The average Bonchev–Trinajstić information content (AvgIpc) is 2.22. The Morgan fingerprint density at radius 2 is 1.81 bits per heavy atom. The molecule has 0 aromatic heterocycles. The SMILES string of the molecule is CCCC1(CCC)CC(CNCCOC)C1. The van der Waals surface area contributed by atoms with Crippen molar-refractivity contribution >= 4 is 0 Å². The van der Waals surface area contributed by atoms with Gasteiger partial charge >= 0.3 is 0 Å². The van der Waals surface area contributed by atoms with Crippen molar-refractivity contribution in [3.8, 4) is 0 Å². The van der Waals surface area contributed by atoms with E-state index < -0.39 is 0 Å². The number of nitrogens with one attached hydrogen (secondary N) is 1. The molecule has 0 bridgehead atoms. The van der Waals surface area contributed by atoms with Gasteiger partial charge in [0, 0.05) is 13.7 Å². The molecule has 0 aromatic carbocycles. The summed E-state index contributed by atoms with van der Waals surface area (Å²) in [7, 11) is 1.76. The highest BCUT2D eigenvalue weighted by Crippen LogP contribution is 2.51. The third-order valence-electron chi connectivity index (χ3n) is 3.92. The van der Waals surface area contributed by atoms with E-state index in [1.54, 1.807) is 7.11 Å². The maximum absolute atomic E-state index is 5.03. The van der Waals surface area contributed by atoms with Crippen molar-refractivity contribution in [2.75, 3.05) is 26.8 Å². The van der Waals surface area contributed by atoms with E-state index in [0.717, 1.165) is 24.5 Å². The van der Waals surface area contributed by atoms with Crippen LogP contribution < -0.4 is 5.32 Å². The van der Waals surface area contributed by atoms with Crippen molar-refractivity contribution in [3.05, 3.63) is 0 Å². The Bertz CT molecular complexity index is 168. The molecule has 0 spiro atoms. The minimum atomic E-state index is 0.719. The number of methoxy groups -OCH3 is 1.